The summed E-state index contributed by atoms with van der Waals surface area (Å²) in [5, 5.41) is 7.21. The van der Waals surface area contributed by atoms with Gasteiger partial charge in [0.05, 0.1) is 17.5 Å². The first kappa shape index (κ1) is 17.0. The van der Waals surface area contributed by atoms with Crippen LogP contribution in [0.3, 0.4) is 0 Å². The van der Waals surface area contributed by atoms with E-state index >= 15 is 0 Å². The van der Waals surface area contributed by atoms with Crippen molar-refractivity contribution in [3.8, 4) is 11.3 Å². The van der Waals surface area contributed by atoms with Gasteiger partial charge in [-0.2, -0.15) is 5.10 Å². The maximum atomic E-state index is 12.4. The third kappa shape index (κ3) is 3.89. The Morgan fingerprint density at radius 1 is 1.07 bits per heavy atom. The summed E-state index contributed by atoms with van der Waals surface area (Å²) in [7, 11) is 0. The van der Waals surface area contributed by atoms with Gasteiger partial charge in [-0.3, -0.25) is 9.48 Å². The maximum absolute atomic E-state index is 12.4. The standard InChI is InChI=1S/C21H21N5O/c1-16-12-23-26(13-16)11-5-10-22-21(27)18-8-9-20-24-19(15-25(20)14-18)17-6-3-2-4-7-17/h2-4,6-9,12-15H,5,10-11H2,1H3,(H,22,27). The van der Waals surface area contributed by atoms with E-state index in [2.05, 4.69) is 15.4 Å². The molecule has 3 heterocycles. The Balaban J connectivity index is 1.40. The molecule has 0 saturated heterocycles. The van der Waals surface area contributed by atoms with Gasteiger partial charge >= 0.3 is 0 Å². The summed E-state index contributed by atoms with van der Waals surface area (Å²) in [4.78, 5) is 17.0. The van der Waals surface area contributed by atoms with Crippen molar-refractivity contribution in [1.82, 2.24) is 24.5 Å². The average molecular weight is 359 g/mol. The summed E-state index contributed by atoms with van der Waals surface area (Å²) in [6, 6.07) is 13.7. The molecule has 6 nitrogen and oxygen atoms in total. The number of aryl methyl sites for hydroxylation is 2. The fourth-order valence-electron chi connectivity index (χ4n) is 3.01. The Hall–Kier alpha value is -3.41. The molecule has 136 valence electrons. The molecule has 0 fully saturated rings. The molecule has 0 bridgehead atoms. The van der Waals surface area contributed by atoms with Gasteiger partial charge in [-0.25, -0.2) is 4.98 Å². The monoisotopic (exact) mass is 359 g/mol. The van der Waals surface area contributed by atoms with Gasteiger partial charge in [0, 0.05) is 37.2 Å². The molecule has 3 aromatic heterocycles. The van der Waals surface area contributed by atoms with Gasteiger partial charge in [-0.05, 0) is 31.0 Å². The molecule has 0 atom stereocenters. The molecule has 0 spiro atoms. The van der Waals surface area contributed by atoms with Gasteiger partial charge in [0.2, 0.25) is 0 Å². The lowest BCUT2D eigenvalue weighted by atomic mass is 10.2. The summed E-state index contributed by atoms with van der Waals surface area (Å²) < 4.78 is 3.79. The lowest BCUT2D eigenvalue weighted by Gasteiger charge is -2.06. The summed E-state index contributed by atoms with van der Waals surface area (Å²) in [5.74, 6) is -0.0801. The molecule has 0 saturated carbocycles. The number of nitrogens with zero attached hydrogens (tertiary/aromatic N) is 4. The Morgan fingerprint density at radius 2 is 1.93 bits per heavy atom. The molecule has 0 aliphatic carbocycles. The Labute approximate surface area is 157 Å². The van der Waals surface area contributed by atoms with Crippen LogP contribution in [-0.4, -0.2) is 31.6 Å². The Bertz CT molecular complexity index is 1060. The predicted octanol–water partition coefficient (Wildman–Crippen LogP) is 3.33. The first-order chi connectivity index (χ1) is 13.2. The minimum atomic E-state index is -0.0801. The van der Waals surface area contributed by atoms with Gasteiger partial charge in [0.15, 0.2) is 0 Å². The molecule has 0 aliphatic heterocycles. The van der Waals surface area contributed by atoms with Crippen molar-refractivity contribution < 1.29 is 4.79 Å². The number of fused-ring (bicyclic) bond motifs is 1. The molecule has 1 aromatic carbocycles. The van der Waals surface area contributed by atoms with Crippen molar-refractivity contribution in [1.29, 1.82) is 0 Å². The largest absolute Gasteiger partial charge is 0.352 e. The van der Waals surface area contributed by atoms with E-state index in [0.29, 0.717) is 12.1 Å². The van der Waals surface area contributed by atoms with Gasteiger partial charge in [-0.15, -0.1) is 0 Å². The zero-order chi connectivity index (χ0) is 18.6. The second-order valence-corrected chi connectivity index (χ2v) is 6.57. The highest BCUT2D eigenvalue weighted by Gasteiger charge is 2.09. The molecule has 4 aromatic rings. The minimum Gasteiger partial charge on any atom is -0.352 e. The second kappa shape index (κ2) is 7.45. The van der Waals surface area contributed by atoms with Gasteiger partial charge < -0.3 is 9.72 Å². The average Bonchev–Trinajstić information content (AvgIpc) is 3.31. The van der Waals surface area contributed by atoms with Crippen LogP contribution in [0, 0.1) is 6.92 Å². The highest BCUT2D eigenvalue weighted by atomic mass is 16.1. The lowest BCUT2D eigenvalue weighted by molar-refractivity contribution is 0.0952. The SMILES string of the molecule is Cc1cnn(CCCNC(=O)c2ccc3nc(-c4ccccc4)cn3c2)c1. The smallest absolute Gasteiger partial charge is 0.252 e. The first-order valence-corrected chi connectivity index (χ1v) is 9.00. The van der Waals surface area contributed by atoms with Crippen LogP contribution in [0.2, 0.25) is 0 Å². The van der Waals surface area contributed by atoms with E-state index in [0.717, 1.165) is 35.4 Å². The van der Waals surface area contributed by atoms with Crippen molar-refractivity contribution in [3.63, 3.8) is 0 Å². The molecule has 0 radical (unpaired) electrons. The number of imidazole rings is 1. The number of carbonyl (C=O) groups excluding carboxylic acids is 1. The van der Waals surface area contributed by atoms with Crippen molar-refractivity contribution in [3.05, 3.63) is 78.4 Å². The van der Waals surface area contributed by atoms with E-state index in [9.17, 15) is 4.79 Å². The number of nitrogens with one attached hydrogen (secondary N) is 1. The summed E-state index contributed by atoms with van der Waals surface area (Å²) in [6.07, 6.45) is 8.43. The fourth-order valence-corrected chi connectivity index (χ4v) is 3.01. The van der Waals surface area contributed by atoms with Crippen LogP contribution in [0.1, 0.15) is 22.3 Å². The normalized spacial score (nSPS) is 11.0. The first-order valence-electron chi connectivity index (χ1n) is 9.00. The molecule has 6 heteroatoms. The highest BCUT2D eigenvalue weighted by Crippen LogP contribution is 2.19. The van der Waals surface area contributed by atoms with Gasteiger partial charge in [0.25, 0.3) is 5.91 Å². The highest BCUT2D eigenvalue weighted by molar-refractivity contribution is 5.94. The third-order valence-corrected chi connectivity index (χ3v) is 4.39. The Morgan fingerprint density at radius 3 is 2.70 bits per heavy atom. The zero-order valence-electron chi connectivity index (χ0n) is 15.2. The number of pyridine rings is 1. The van der Waals surface area contributed by atoms with E-state index < -0.39 is 0 Å². The number of rotatable bonds is 6. The molecular formula is C21H21N5O. The molecule has 4 rings (SSSR count). The van der Waals surface area contributed by atoms with Crippen LogP contribution in [0.15, 0.2) is 67.3 Å². The van der Waals surface area contributed by atoms with Crippen LogP contribution >= 0.6 is 0 Å². The fraction of sp³-hybridized carbons (Fsp3) is 0.190. The number of amides is 1. The van der Waals surface area contributed by atoms with E-state index in [1.807, 2.05) is 83.3 Å². The van der Waals surface area contributed by atoms with Crippen LogP contribution in [0.25, 0.3) is 16.9 Å². The van der Waals surface area contributed by atoms with Crippen molar-refractivity contribution in [2.45, 2.75) is 19.9 Å². The van der Waals surface area contributed by atoms with Crippen LogP contribution < -0.4 is 5.32 Å². The molecule has 0 aliphatic rings. The van der Waals surface area contributed by atoms with Gasteiger partial charge in [-0.1, -0.05) is 30.3 Å². The quantitative estimate of drug-likeness (QED) is 0.537. The van der Waals surface area contributed by atoms with Crippen LogP contribution in [0.4, 0.5) is 0 Å². The lowest BCUT2D eigenvalue weighted by Crippen LogP contribution is -2.25. The van der Waals surface area contributed by atoms with E-state index in [1.165, 1.54) is 0 Å². The zero-order valence-corrected chi connectivity index (χ0v) is 15.2. The summed E-state index contributed by atoms with van der Waals surface area (Å²) in [6.45, 7) is 3.41. The number of carbonyl (C=O) groups is 1. The van der Waals surface area contributed by atoms with Gasteiger partial charge in [0.1, 0.15) is 5.65 Å². The predicted molar refractivity (Wildman–Crippen MR) is 105 cm³/mol. The summed E-state index contributed by atoms with van der Waals surface area (Å²) in [5.41, 5.74) is 4.53. The number of aromatic nitrogens is 4. The van der Waals surface area contributed by atoms with E-state index in [-0.39, 0.29) is 5.91 Å². The van der Waals surface area contributed by atoms with Crippen molar-refractivity contribution >= 4 is 11.6 Å². The minimum absolute atomic E-state index is 0.0801. The van der Waals surface area contributed by atoms with Crippen molar-refractivity contribution in [2.24, 2.45) is 0 Å². The third-order valence-electron chi connectivity index (χ3n) is 4.39. The topological polar surface area (TPSA) is 64.2 Å². The molecule has 1 N–H and O–H groups in total. The van der Waals surface area contributed by atoms with Crippen molar-refractivity contribution in [2.75, 3.05) is 6.54 Å². The molecule has 0 unspecified atom stereocenters. The number of hydrogen-bond acceptors (Lipinski definition) is 3. The Kier molecular flexibility index (Phi) is 4.70. The second-order valence-electron chi connectivity index (χ2n) is 6.57. The van der Waals surface area contributed by atoms with E-state index in [4.69, 9.17) is 0 Å². The van der Waals surface area contributed by atoms with Crippen LogP contribution in [-0.2, 0) is 6.54 Å². The molecular weight excluding hydrogens is 338 g/mol. The van der Waals surface area contributed by atoms with E-state index in [1.54, 1.807) is 0 Å². The number of benzene rings is 1. The molecule has 1 amide bonds. The maximum Gasteiger partial charge on any atom is 0.252 e. The number of hydrogen-bond donors (Lipinski definition) is 1. The van der Waals surface area contributed by atoms with Crippen LogP contribution in [0.5, 0.6) is 0 Å². The summed E-state index contributed by atoms with van der Waals surface area (Å²) >= 11 is 0. The molecule has 27 heavy (non-hydrogen) atoms.